The molecule has 0 fully saturated rings. The molecule has 1 aromatic rings. The number of nitrogens with zero attached hydrogens (tertiary/aromatic N) is 1. The van der Waals surface area contributed by atoms with Crippen LogP contribution in [0.5, 0.6) is 0 Å². The molecule has 0 saturated heterocycles. The molecule has 0 unspecified atom stereocenters. The van der Waals surface area contributed by atoms with E-state index < -0.39 is 4.92 Å². The average molecular weight is 341 g/mol. The first-order valence-corrected chi connectivity index (χ1v) is 7.55. The van der Waals surface area contributed by atoms with Crippen molar-refractivity contribution in [3.05, 3.63) is 34.4 Å². The van der Waals surface area contributed by atoms with Crippen LogP contribution in [0, 0.1) is 16.0 Å². The Bertz CT molecular complexity index is 534. The highest BCUT2D eigenvalue weighted by Crippen LogP contribution is 2.15. The molecule has 0 amide bonds. The maximum atomic E-state index is 10.6. The van der Waals surface area contributed by atoms with E-state index in [1.165, 1.54) is 12.1 Å². The molecule has 0 aromatic heterocycles. The third kappa shape index (κ3) is 7.14. The van der Waals surface area contributed by atoms with Gasteiger partial charge in [0.05, 0.1) is 4.92 Å². The summed E-state index contributed by atoms with van der Waals surface area (Å²) in [5.74, 6) is 0.605. The summed E-state index contributed by atoms with van der Waals surface area (Å²) in [7, 11) is 0. The van der Waals surface area contributed by atoms with E-state index in [4.69, 9.17) is 24.4 Å². The van der Waals surface area contributed by atoms with Crippen molar-refractivity contribution in [2.45, 2.75) is 20.3 Å². The third-order valence-corrected chi connectivity index (χ3v) is 3.08. The fourth-order valence-corrected chi connectivity index (χ4v) is 1.78. The highest BCUT2D eigenvalue weighted by atomic mass is 32.1. The van der Waals surface area contributed by atoms with Crippen molar-refractivity contribution in [2.24, 2.45) is 5.92 Å². The maximum Gasteiger partial charge on any atom is 0.269 e. The predicted octanol–water partition coefficient (Wildman–Crippen LogP) is 2.31. The second-order valence-corrected chi connectivity index (χ2v) is 5.76. The molecule has 4 N–H and O–H groups in total. The average Bonchev–Trinajstić information content (AvgIpc) is 2.45. The van der Waals surface area contributed by atoms with Crippen molar-refractivity contribution in [3.8, 4) is 0 Å². The van der Waals surface area contributed by atoms with Gasteiger partial charge in [0.2, 0.25) is 0 Å². The van der Waals surface area contributed by atoms with Gasteiger partial charge in [-0.25, -0.2) is 0 Å². The SMILES string of the molecule is CC(C)CCNC(=S)NNC(=S)Nc1ccc([N+](=O)[O-])cc1. The highest BCUT2D eigenvalue weighted by molar-refractivity contribution is 7.80. The number of nitrogens with one attached hydrogen (secondary N) is 4. The molecule has 0 aliphatic carbocycles. The number of benzene rings is 1. The van der Waals surface area contributed by atoms with Gasteiger partial charge in [0.25, 0.3) is 5.69 Å². The van der Waals surface area contributed by atoms with E-state index in [0.29, 0.717) is 21.8 Å². The molecule has 0 radical (unpaired) electrons. The maximum absolute atomic E-state index is 10.6. The summed E-state index contributed by atoms with van der Waals surface area (Å²) in [6.45, 7) is 5.06. The van der Waals surface area contributed by atoms with Crippen molar-refractivity contribution in [2.75, 3.05) is 11.9 Å². The summed E-state index contributed by atoms with van der Waals surface area (Å²) in [6.07, 6.45) is 1.02. The van der Waals surface area contributed by atoms with Crippen LogP contribution in [0.4, 0.5) is 11.4 Å². The van der Waals surface area contributed by atoms with Crippen molar-refractivity contribution in [1.29, 1.82) is 0 Å². The third-order valence-electron chi connectivity index (χ3n) is 2.63. The normalized spacial score (nSPS) is 9.95. The van der Waals surface area contributed by atoms with Gasteiger partial charge < -0.3 is 10.6 Å². The number of non-ortho nitro benzene ring substituents is 1. The number of hydrazine groups is 1. The first-order chi connectivity index (χ1) is 10.4. The standard InChI is InChI=1S/C13H19N5O2S2/c1-9(2)7-8-14-12(21)16-17-13(22)15-10-3-5-11(6-4-10)18(19)20/h3-6,9H,7-8H2,1-2H3,(H2,14,16,21)(H2,15,17,22). The van der Waals surface area contributed by atoms with E-state index in [9.17, 15) is 10.1 Å². The van der Waals surface area contributed by atoms with Crippen molar-refractivity contribution < 1.29 is 4.92 Å². The second-order valence-electron chi connectivity index (χ2n) is 4.95. The molecule has 0 spiro atoms. The number of hydrogen-bond acceptors (Lipinski definition) is 4. The molecule has 0 atom stereocenters. The Hall–Kier alpha value is -2.00. The van der Waals surface area contributed by atoms with Crippen molar-refractivity contribution in [3.63, 3.8) is 0 Å². The lowest BCUT2D eigenvalue weighted by Crippen LogP contribution is -2.48. The van der Waals surface area contributed by atoms with E-state index in [1.807, 2.05) is 0 Å². The highest BCUT2D eigenvalue weighted by Gasteiger charge is 2.05. The van der Waals surface area contributed by atoms with Gasteiger partial charge in [-0.2, -0.15) is 0 Å². The molecule has 1 rings (SSSR count). The van der Waals surface area contributed by atoms with Gasteiger partial charge in [-0.1, -0.05) is 13.8 Å². The molecular formula is C13H19N5O2S2. The quantitative estimate of drug-likeness (QED) is 0.368. The van der Waals surface area contributed by atoms with E-state index >= 15 is 0 Å². The topological polar surface area (TPSA) is 91.3 Å². The van der Waals surface area contributed by atoms with Gasteiger partial charge in [0.1, 0.15) is 0 Å². The summed E-state index contributed by atoms with van der Waals surface area (Å²) >= 11 is 10.2. The molecule has 0 aliphatic heterocycles. The van der Waals surface area contributed by atoms with E-state index in [0.717, 1.165) is 13.0 Å². The largest absolute Gasteiger partial charge is 0.361 e. The van der Waals surface area contributed by atoms with Gasteiger partial charge in [-0.3, -0.25) is 21.0 Å². The van der Waals surface area contributed by atoms with Crippen LogP contribution < -0.4 is 21.5 Å². The van der Waals surface area contributed by atoms with Crippen LogP contribution in [-0.2, 0) is 0 Å². The van der Waals surface area contributed by atoms with Crippen molar-refractivity contribution in [1.82, 2.24) is 16.2 Å². The summed E-state index contributed by atoms with van der Waals surface area (Å²) in [5, 5.41) is 17.2. The van der Waals surface area contributed by atoms with Crippen LogP contribution in [0.3, 0.4) is 0 Å². The van der Waals surface area contributed by atoms with Gasteiger partial charge in [0.15, 0.2) is 10.2 Å². The van der Waals surface area contributed by atoms with Crippen LogP contribution in [0.25, 0.3) is 0 Å². The fourth-order valence-electron chi connectivity index (χ4n) is 1.46. The zero-order valence-electron chi connectivity index (χ0n) is 12.4. The predicted molar refractivity (Wildman–Crippen MR) is 95.6 cm³/mol. The molecule has 120 valence electrons. The van der Waals surface area contributed by atoms with Gasteiger partial charge in [0, 0.05) is 24.4 Å². The lowest BCUT2D eigenvalue weighted by molar-refractivity contribution is -0.384. The Morgan fingerprint density at radius 3 is 2.32 bits per heavy atom. The summed E-state index contributed by atoms with van der Waals surface area (Å²) < 4.78 is 0. The molecule has 9 heteroatoms. The number of nitro groups is 1. The van der Waals surface area contributed by atoms with Crippen molar-refractivity contribution >= 4 is 46.0 Å². The van der Waals surface area contributed by atoms with E-state index in [-0.39, 0.29) is 5.69 Å². The summed E-state index contributed by atoms with van der Waals surface area (Å²) in [6, 6.07) is 5.95. The van der Waals surface area contributed by atoms with Crippen LogP contribution in [0.2, 0.25) is 0 Å². The lowest BCUT2D eigenvalue weighted by Gasteiger charge is -2.14. The number of hydrogen-bond donors (Lipinski definition) is 4. The number of anilines is 1. The Kier molecular flexibility index (Phi) is 7.47. The molecule has 1 aromatic carbocycles. The van der Waals surface area contributed by atoms with E-state index in [1.54, 1.807) is 12.1 Å². The minimum absolute atomic E-state index is 0.0260. The van der Waals surface area contributed by atoms with Crippen LogP contribution in [-0.4, -0.2) is 21.7 Å². The Morgan fingerprint density at radius 2 is 1.77 bits per heavy atom. The lowest BCUT2D eigenvalue weighted by atomic mass is 10.1. The monoisotopic (exact) mass is 341 g/mol. The minimum Gasteiger partial charge on any atom is -0.361 e. The number of nitro benzene ring substituents is 1. The summed E-state index contributed by atoms with van der Waals surface area (Å²) in [5.41, 5.74) is 6.17. The Balaban J connectivity index is 2.31. The van der Waals surface area contributed by atoms with Crippen LogP contribution in [0.15, 0.2) is 24.3 Å². The minimum atomic E-state index is -0.455. The van der Waals surface area contributed by atoms with Gasteiger partial charge >= 0.3 is 0 Å². The molecule has 0 aliphatic rings. The zero-order valence-corrected chi connectivity index (χ0v) is 14.0. The van der Waals surface area contributed by atoms with Gasteiger partial charge in [-0.15, -0.1) is 0 Å². The molecule has 7 nitrogen and oxygen atoms in total. The molecule has 0 saturated carbocycles. The van der Waals surface area contributed by atoms with Gasteiger partial charge in [-0.05, 0) is 48.9 Å². The molecular weight excluding hydrogens is 322 g/mol. The second kappa shape index (κ2) is 9.11. The summed E-state index contributed by atoms with van der Waals surface area (Å²) in [4.78, 5) is 10.1. The van der Waals surface area contributed by atoms with E-state index in [2.05, 4.69) is 35.3 Å². The smallest absolute Gasteiger partial charge is 0.269 e. The van der Waals surface area contributed by atoms with Crippen LogP contribution >= 0.6 is 24.4 Å². The first-order valence-electron chi connectivity index (χ1n) is 6.73. The first kappa shape index (κ1) is 18.1. The molecule has 22 heavy (non-hydrogen) atoms. The Morgan fingerprint density at radius 1 is 1.18 bits per heavy atom. The molecule has 0 bridgehead atoms. The number of rotatable bonds is 5. The fraction of sp³-hybridized carbons (Fsp3) is 0.385. The number of thiocarbonyl (C=S) groups is 2. The molecule has 0 heterocycles. The Labute approximate surface area is 140 Å². The zero-order chi connectivity index (χ0) is 16.5. The van der Waals surface area contributed by atoms with Crippen LogP contribution in [0.1, 0.15) is 20.3 Å².